The molecule has 0 saturated carbocycles. The fourth-order valence-corrected chi connectivity index (χ4v) is 4.80. The first-order chi connectivity index (χ1) is 10.0. The second kappa shape index (κ2) is 7.69. The van der Waals surface area contributed by atoms with Crippen LogP contribution in [-0.2, 0) is 6.42 Å². The molecule has 0 aliphatic carbocycles. The first-order valence-corrected chi connectivity index (χ1v) is 9.50. The van der Waals surface area contributed by atoms with Gasteiger partial charge in [0.1, 0.15) is 0 Å². The first-order valence-electron chi connectivity index (χ1n) is 8.51. The molecule has 0 aromatic heterocycles. The maximum atomic E-state index is 3.83. The van der Waals surface area contributed by atoms with E-state index in [1.165, 1.54) is 42.6 Å². The highest BCUT2D eigenvalue weighted by molar-refractivity contribution is 8.00. The van der Waals surface area contributed by atoms with Gasteiger partial charge in [0.15, 0.2) is 0 Å². The predicted octanol–water partition coefficient (Wildman–Crippen LogP) is 5.21. The minimum absolute atomic E-state index is 0.353. The summed E-state index contributed by atoms with van der Waals surface area (Å²) < 4.78 is 0.353. The molecule has 0 amide bonds. The molecule has 2 unspecified atom stereocenters. The van der Waals surface area contributed by atoms with Crippen molar-refractivity contribution in [3.8, 4) is 0 Å². The molecule has 0 radical (unpaired) electrons. The van der Waals surface area contributed by atoms with Crippen molar-refractivity contribution in [3.63, 3.8) is 0 Å². The molecule has 118 valence electrons. The summed E-state index contributed by atoms with van der Waals surface area (Å²) in [5.74, 6) is 2.03. The predicted molar refractivity (Wildman–Crippen MR) is 96.1 cm³/mol. The monoisotopic (exact) mass is 305 g/mol. The largest absolute Gasteiger partial charge is 0.309 e. The molecule has 1 N–H and O–H groups in total. The SMILES string of the molecule is CCCNC(c1cccc(CC(C)C)c1)C1(C)CCCS1. The van der Waals surface area contributed by atoms with Crippen LogP contribution in [0.3, 0.4) is 0 Å². The van der Waals surface area contributed by atoms with Gasteiger partial charge in [-0.05, 0) is 61.9 Å². The number of benzene rings is 1. The normalized spacial score (nSPS) is 23.7. The third-order valence-corrected chi connectivity index (χ3v) is 5.98. The van der Waals surface area contributed by atoms with Crippen LogP contribution in [-0.4, -0.2) is 17.0 Å². The van der Waals surface area contributed by atoms with Crippen LogP contribution >= 0.6 is 11.8 Å². The van der Waals surface area contributed by atoms with Gasteiger partial charge in [-0.1, -0.05) is 45.0 Å². The minimum Gasteiger partial charge on any atom is -0.309 e. The number of nitrogens with one attached hydrogen (secondary N) is 1. The average Bonchev–Trinajstić information content (AvgIpc) is 2.86. The van der Waals surface area contributed by atoms with Gasteiger partial charge in [-0.3, -0.25) is 0 Å². The molecule has 0 bridgehead atoms. The van der Waals surface area contributed by atoms with Crippen LogP contribution in [0.4, 0.5) is 0 Å². The Morgan fingerprint density at radius 3 is 2.76 bits per heavy atom. The molecule has 21 heavy (non-hydrogen) atoms. The molecular weight excluding hydrogens is 274 g/mol. The van der Waals surface area contributed by atoms with E-state index in [0.717, 1.165) is 12.5 Å². The summed E-state index contributed by atoms with van der Waals surface area (Å²) in [6, 6.07) is 9.77. The van der Waals surface area contributed by atoms with E-state index >= 15 is 0 Å². The van der Waals surface area contributed by atoms with E-state index < -0.39 is 0 Å². The van der Waals surface area contributed by atoms with E-state index in [1.807, 2.05) is 0 Å². The maximum Gasteiger partial charge on any atom is 0.0466 e. The van der Waals surface area contributed by atoms with Gasteiger partial charge in [0, 0.05) is 10.8 Å². The number of rotatable bonds is 7. The van der Waals surface area contributed by atoms with Crippen molar-refractivity contribution in [2.24, 2.45) is 5.92 Å². The van der Waals surface area contributed by atoms with E-state index in [4.69, 9.17) is 0 Å². The molecule has 2 atom stereocenters. The summed E-state index contributed by atoms with van der Waals surface area (Å²) in [5.41, 5.74) is 2.97. The zero-order chi connectivity index (χ0) is 15.3. The first kappa shape index (κ1) is 16.9. The molecule has 2 heteroatoms. The van der Waals surface area contributed by atoms with Crippen LogP contribution in [0, 0.1) is 5.92 Å². The minimum atomic E-state index is 0.353. The summed E-state index contributed by atoms with van der Waals surface area (Å²) in [6.07, 6.45) is 5.06. The lowest BCUT2D eigenvalue weighted by Crippen LogP contribution is -2.38. The van der Waals surface area contributed by atoms with Gasteiger partial charge in [-0.15, -0.1) is 0 Å². The topological polar surface area (TPSA) is 12.0 Å². The molecular formula is C19H31NS. The summed E-state index contributed by atoms with van der Waals surface area (Å²) in [7, 11) is 0. The van der Waals surface area contributed by atoms with E-state index in [2.05, 4.69) is 69.0 Å². The van der Waals surface area contributed by atoms with Crippen molar-refractivity contribution in [1.82, 2.24) is 5.32 Å². The van der Waals surface area contributed by atoms with Gasteiger partial charge in [0.2, 0.25) is 0 Å². The fraction of sp³-hybridized carbons (Fsp3) is 0.684. The van der Waals surface area contributed by atoms with Crippen molar-refractivity contribution in [2.75, 3.05) is 12.3 Å². The molecule has 1 nitrogen and oxygen atoms in total. The van der Waals surface area contributed by atoms with Crippen LogP contribution in [0.2, 0.25) is 0 Å². The molecule has 1 fully saturated rings. The molecule has 0 spiro atoms. The standard InChI is InChI=1S/C19H31NS/c1-5-11-20-18(19(4)10-7-12-21-19)17-9-6-8-16(14-17)13-15(2)3/h6,8-9,14-15,18,20H,5,7,10-13H2,1-4H3. The number of thioether (sulfide) groups is 1. The van der Waals surface area contributed by atoms with Crippen molar-refractivity contribution in [3.05, 3.63) is 35.4 Å². The van der Waals surface area contributed by atoms with Gasteiger partial charge < -0.3 is 5.32 Å². The Balaban J connectivity index is 2.23. The Morgan fingerprint density at radius 2 is 2.14 bits per heavy atom. The van der Waals surface area contributed by atoms with Gasteiger partial charge in [-0.25, -0.2) is 0 Å². The lowest BCUT2D eigenvalue weighted by molar-refractivity contribution is 0.413. The Morgan fingerprint density at radius 1 is 1.33 bits per heavy atom. The van der Waals surface area contributed by atoms with E-state index in [9.17, 15) is 0 Å². The molecule has 1 heterocycles. The van der Waals surface area contributed by atoms with E-state index in [-0.39, 0.29) is 0 Å². The molecule has 1 aliphatic rings. The molecule has 2 rings (SSSR count). The lowest BCUT2D eigenvalue weighted by Gasteiger charge is -2.35. The summed E-state index contributed by atoms with van der Waals surface area (Å²) in [5, 5.41) is 3.83. The highest BCUT2D eigenvalue weighted by atomic mass is 32.2. The summed E-state index contributed by atoms with van der Waals surface area (Å²) in [4.78, 5) is 0. The second-order valence-corrected chi connectivity index (χ2v) is 8.62. The van der Waals surface area contributed by atoms with Crippen LogP contribution in [0.15, 0.2) is 24.3 Å². The summed E-state index contributed by atoms with van der Waals surface area (Å²) >= 11 is 2.16. The van der Waals surface area contributed by atoms with Crippen LogP contribution < -0.4 is 5.32 Å². The van der Waals surface area contributed by atoms with Crippen molar-refractivity contribution in [1.29, 1.82) is 0 Å². The molecule has 1 aromatic carbocycles. The van der Waals surface area contributed by atoms with Crippen molar-refractivity contribution >= 4 is 11.8 Å². The van der Waals surface area contributed by atoms with Crippen LogP contribution in [0.5, 0.6) is 0 Å². The third kappa shape index (κ3) is 4.50. The van der Waals surface area contributed by atoms with Crippen molar-refractivity contribution in [2.45, 2.75) is 64.2 Å². The van der Waals surface area contributed by atoms with Crippen LogP contribution in [0.1, 0.15) is 64.1 Å². The summed E-state index contributed by atoms with van der Waals surface area (Å²) in [6.45, 7) is 10.4. The van der Waals surface area contributed by atoms with Gasteiger partial charge in [0.05, 0.1) is 0 Å². The zero-order valence-corrected chi connectivity index (χ0v) is 14.9. The quantitative estimate of drug-likeness (QED) is 0.742. The van der Waals surface area contributed by atoms with Gasteiger partial charge in [-0.2, -0.15) is 11.8 Å². The smallest absolute Gasteiger partial charge is 0.0466 e. The average molecular weight is 306 g/mol. The molecule has 1 aliphatic heterocycles. The van der Waals surface area contributed by atoms with Gasteiger partial charge >= 0.3 is 0 Å². The van der Waals surface area contributed by atoms with Crippen LogP contribution in [0.25, 0.3) is 0 Å². The maximum absolute atomic E-state index is 3.83. The van der Waals surface area contributed by atoms with Crippen molar-refractivity contribution < 1.29 is 0 Å². The zero-order valence-electron chi connectivity index (χ0n) is 14.1. The third-order valence-electron chi connectivity index (χ3n) is 4.39. The number of hydrogen-bond donors (Lipinski definition) is 1. The molecule has 1 aromatic rings. The number of hydrogen-bond acceptors (Lipinski definition) is 2. The van der Waals surface area contributed by atoms with E-state index in [1.54, 1.807) is 0 Å². The highest BCUT2D eigenvalue weighted by Crippen LogP contribution is 2.46. The Hall–Kier alpha value is -0.470. The van der Waals surface area contributed by atoms with E-state index in [0.29, 0.717) is 10.8 Å². The Labute approximate surface area is 135 Å². The lowest BCUT2D eigenvalue weighted by atomic mass is 9.88. The fourth-order valence-electron chi connectivity index (χ4n) is 3.37. The Bertz CT molecular complexity index is 435. The molecule has 1 saturated heterocycles. The second-order valence-electron chi connectivity index (χ2n) is 6.99. The highest BCUT2D eigenvalue weighted by Gasteiger charge is 2.38. The Kier molecular flexibility index (Phi) is 6.19. The van der Waals surface area contributed by atoms with Gasteiger partial charge in [0.25, 0.3) is 0 Å².